The van der Waals surface area contributed by atoms with Crippen LogP contribution in [0.25, 0.3) is 0 Å². The molecule has 0 aromatic rings. The Labute approximate surface area is 250 Å². The van der Waals surface area contributed by atoms with Crippen molar-refractivity contribution >= 4 is 17.7 Å². The van der Waals surface area contributed by atoms with E-state index in [-0.39, 0.29) is 50.9 Å². The summed E-state index contributed by atoms with van der Waals surface area (Å²) in [6.45, 7) is 1.48. The minimum Gasteiger partial charge on any atom is -0.491 e. The van der Waals surface area contributed by atoms with Gasteiger partial charge in [-0.1, -0.05) is 0 Å². The van der Waals surface area contributed by atoms with Crippen molar-refractivity contribution in [3.63, 3.8) is 0 Å². The van der Waals surface area contributed by atoms with E-state index in [0.29, 0.717) is 12.2 Å². The number of nitrogens with two attached hydrogens (primary N) is 6. The maximum Gasteiger partial charge on any atom is 0.186 e. The fourth-order valence-corrected chi connectivity index (χ4v) is 6.28. The number of hydrogen-bond donors (Lipinski definition) is 11. The Balaban J connectivity index is 1.91. The van der Waals surface area contributed by atoms with E-state index in [1.807, 2.05) is 0 Å². The van der Waals surface area contributed by atoms with Crippen LogP contribution >= 0.6 is 0 Å². The van der Waals surface area contributed by atoms with E-state index < -0.39 is 78.2 Å². The van der Waals surface area contributed by atoms with Crippen LogP contribution in [0.4, 0.5) is 0 Å². The van der Waals surface area contributed by atoms with Crippen LogP contribution in [0.1, 0.15) is 32.6 Å². The van der Waals surface area contributed by atoms with Crippen molar-refractivity contribution in [1.29, 1.82) is 0 Å². The van der Waals surface area contributed by atoms with Crippen LogP contribution in [-0.2, 0) is 19.0 Å². The number of aliphatic hydroxyl groups excluding tert-OH is 3. The minimum absolute atomic E-state index is 0.0140. The summed E-state index contributed by atoms with van der Waals surface area (Å²) in [6, 6.07) is -2.14. The highest BCUT2D eigenvalue weighted by atomic mass is 16.7. The van der Waals surface area contributed by atoms with E-state index in [9.17, 15) is 25.2 Å². The maximum absolute atomic E-state index is 13.1. The number of carbonyl (C=O) groups is 1. The van der Waals surface area contributed by atoms with Crippen LogP contribution in [0.3, 0.4) is 0 Å². The summed E-state index contributed by atoms with van der Waals surface area (Å²) in [5, 5.41) is 46.9. The first kappa shape index (κ1) is 34.9. The van der Waals surface area contributed by atoms with Gasteiger partial charge >= 0.3 is 0 Å². The van der Waals surface area contributed by atoms with Gasteiger partial charge in [-0.05, 0) is 38.8 Å². The molecule has 12 atom stereocenters. The second kappa shape index (κ2) is 14.9. The Morgan fingerprint density at radius 1 is 1.23 bits per heavy atom. The molecule has 17 N–H and O–H groups in total. The van der Waals surface area contributed by atoms with Crippen molar-refractivity contribution in [3.05, 3.63) is 11.8 Å². The first-order chi connectivity index (χ1) is 20.2. The zero-order chi connectivity index (χ0) is 32.1. The Kier molecular flexibility index (Phi) is 12.1. The van der Waals surface area contributed by atoms with E-state index in [2.05, 4.69) is 15.3 Å². The number of guanidine groups is 2. The smallest absolute Gasteiger partial charge is 0.186 e. The topological polar surface area (TPSA) is 319 Å². The quantitative estimate of drug-likeness (QED) is 0.0723. The molecule has 1 saturated heterocycles. The highest BCUT2D eigenvalue weighted by Crippen LogP contribution is 2.41. The fourth-order valence-electron chi connectivity index (χ4n) is 6.28. The third-order valence-corrected chi connectivity index (χ3v) is 8.38. The molecule has 1 aliphatic carbocycles. The van der Waals surface area contributed by atoms with E-state index in [0.717, 1.165) is 0 Å². The first-order valence-electron chi connectivity index (χ1n) is 14.4. The Morgan fingerprint density at radius 2 is 1.93 bits per heavy atom. The minimum atomic E-state index is -1.41. The number of nitrogens with one attached hydrogen (secondary N) is 1. The monoisotopic (exact) mass is 615 g/mol. The lowest BCUT2D eigenvalue weighted by Crippen LogP contribution is -2.67. The SMILES string of the molecule is CNC1C(O)C(OC2C(CC(=O)C(O)CCN=C(N)N)CC(N)C(C3OC(CN)=CCC3N=C(N)N)C2O)OCC1(C)O. The highest BCUT2D eigenvalue weighted by Gasteiger charge is 2.53. The zero-order valence-electron chi connectivity index (χ0n) is 24.7. The molecular weight excluding hydrogens is 566 g/mol. The molecule has 0 radical (unpaired) electrons. The number of ketones is 1. The molecule has 43 heavy (non-hydrogen) atoms. The molecule has 2 heterocycles. The molecule has 17 nitrogen and oxygen atoms in total. The molecule has 0 aromatic heterocycles. The number of nitrogens with zero attached hydrogens (tertiary/aromatic N) is 2. The van der Waals surface area contributed by atoms with Gasteiger partial charge < -0.3 is 74.4 Å². The summed E-state index contributed by atoms with van der Waals surface area (Å²) >= 11 is 0. The summed E-state index contributed by atoms with van der Waals surface area (Å²) < 4.78 is 18.0. The third-order valence-electron chi connectivity index (χ3n) is 8.38. The van der Waals surface area contributed by atoms with E-state index in [1.54, 1.807) is 13.1 Å². The van der Waals surface area contributed by atoms with Gasteiger partial charge in [-0.25, -0.2) is 4.99 Å². The lowest BCUT2D eigenvalue weighted by atomic mass is 9.69. The van der Waals surface area contributed by atoms with Crippen molar-refractivity contribution in [2.75, 3.05) is 26.7 Å². The largest absolute Gasteiger partial charge is 0.491 e. The predicted molar refractivity (Wildman–Crippen MR) is 157 cm³/mol. The van der Waals surface area contributed by atoms with Crippen LogP contribution in [0, 0.1) is 11.8 Å². The van der Waals surface area contributed by atoms with E-state index >= 15 is 0 Å². The number of carbonyl (C=O) groups excluding carboxylic acids is 1. The van der Waals surface area contributed by atoms with Gasteiger partial charge in [-0.15, -0.1) is 0 Å². The Morgan fingerprint density at radius 3 is 2.53 bits per heavy atom. The lowest BCUT2D eigenvalue weighted by Gasteiger charge is -2.50. The van der Waals surface area contributed by atoms with Gasteiger partial charge in [0.1, 0.15) is 29.7 Å². The average Bonchev–Trinajstić information content (AvgIpc) is 2.92. The number of aliphatic hydroxyl groups is 4. The van der Waals surface area contributed by atoms with Crippen molar-refractivity contribution in [2.24, 2.45) is 56.2 Å². The van der Waals surface area contributed by atoms with Gasteiger partial charge in [0.2, 0.25) is 0 Å². The van der Waals surface area contributed by atoms with Crippen LogP contribution in [0.5, 0.6) is 0 Å². The van der Waals surface area contributed by atoms with Crippen molar-refractivity contribution in [3.8, 4) is 0 Å². The number of ether oxygens (including phenoxy) is 3. The van der Waals surface area contributed by atoms with Gasteiger partial charge in [-0.3, -0.25) is 9.79 Å². The van der Waals surface area contributed by atoms with Crippen molar-refractivity contribution in [2.45, 2.75) is 93.1 Å². The van der Waals surface area contributed by atoms with E-state index in [4.69, 9.17) is 48.6 Å². The number of Topliss-reactive ketones (excluding diaryl/α,β-unsaturated/α-hetero) is 1. The molecule has 0 aromatic carbocycles. The number of rotatable bonds is 12. The van der Waals surface area contributed by atoms with Crippen molar-refractivity contribution < 1.29 is 39.4 Å². The van der Waals surface area contributed by atoms with Crippen LogP contribution in [-0.4, -0.2) is 125 Å². The molecule has 2 aliphatic heterocycles. The molecule has 17 heteroatoms. The number of likely N-dealkylation sites (N-methyl/N-ethyl adjacent to an activating group) is 1. The van der Waals surface area contributed by atoms with Gasteiger partial charge in [0.15, 0.2) is 24.0 Å². The normalized spacial score (nSPS) is 38.7. The van der Waals surface area contributed by atoms with Crippen LogP contribution in [0.15, 0.2) is 21.8 Å². The molecule has 246 valence electrons. The average molecular weight is 616 g/mol. The summed E-state index contributed by atoms with van der Waals surface area (Å²) in [7, 11) is 1.58. The number of aliphatic imine (C=N–C) groups is 2. The summed E-state index contributed by atoms with van der Waals surface area (Å²) in [5.41, 5.74) is 33.1. The summed E-state index contributed by atoms with van der Waals surface area (Å²) in [4.78, 5) is 21.2. The molecule has 12 unspecified atom stereocenters. The molecule has 3 rings (SSSR count). The zero-order valence-corrected chi connectivity index (χ0v) is 24.7. The van der Waals surface area contributed by atoms with Gasteiger partial charge in [0, 0.05) is 31.3 Å². The van der Waals surface area contributed by atoms with Gasteiger partial charge in [0.25, 0.3) is 0 Å². The molecule has 0 spiro atoms. The van der Waals surface area contributed by atoms with Gasteiger partial charge in [-0.2, -0.15) is 0 Å². The van der Waals surface area contributed by atoms with Crippen LogP contribution < -0.4 is 39.7 Å². The molecule has 1 saturated carbocycles. The highest BCUT2D eigenvalue weighted by molar-refractivity contribution is 5.83. The standard InChI is InChI=1S/C26H49N9O8/c1-26(40)10-41-23(19(39)22(26)33-2)43-20-11(8-16(37)15(36)5-6-34-24(29)30)7-13(28)17(18(20)38)21-14(35-25(31)32)4-3-12(9-27)42-21/h3,11,13-15,17-23,33,36,38-40H,4-10,27-28H2,1-2H3,(H4,29,30,34)(H4,31,32,35). The fraction of sp³-hybridized carbons (Fsp3) is 0.808. The lowest BCUT2D eigenvalue weighted by molar-refractivity contribution is -0.301. The Hall–Kier alpha value is -2.61. The molecular formula is C26H49N9O8. The second-order valence-corrected chi connectivity index (χ2v) is 11.7. The first-order valence-corrected chi connectivity index (χ1v) is 14.4. The predicted octanol–water partition coefficient (Wildman–Crippen LogP) is -4.99. The third kappa shape index (κ3) is 8.52. The van der Waals surface area contributed by atoms with E-state index in [1.165, 1.54) is 6.92 Å². The Bertz CT molecular complexity index is 1040. The molecule has 3 aliphatic rings. The molecule has 0 amide bonds. The molecule has 0 bridgehead atoms. The molecule has 2 fully saturated rings. The van der Waals surface area contributed by atoms with Gasteiger partial charge in [0.05, 0.1) is 37.4 Å². The summed E-state index contributed by atoms with van der Waals surface area (Å²) in [6.07, 6.45) is -5.18. The number of hydrogen-bond acceptors (Lipinski definition) is 13. The van der Waals surface area contributed by atoms with Crippen LogP contribution in [0.2, 0.25) is 0 Å². The summed E-state index contributed by atoms with van der Waals surface area (Å²) in [5.74, 6) is -1.87. The second-order valence-electron chi connectivity index (χ2n) is 11.7. The maximum atomic E-state index is 13.1. The van der Waals surface area contributed by atoms with Crippen molar-refractivity contribution in [1.82, 2.24) is 5.32 Å².